The second kappa shape index (κ2) is 5.32. The highest BCUT2D eigenvalue weighted by atomic mass is 16.4. The van der Waals surface area contributed by atoms with Gasteiger partial charge < -0.3 is 10.4 Å². The Bertz CT molecular complexity index is 195. The highest BCUT2D eigenvalue weighted by Gasteiger charge is 2.24. The van der Waals surface area contributed by atoms with E-state index < -0.39 is 5.97 Å². The lowest BCUT2D eigenvalue weighted by atomic mass is 10.0. The number of carboxylic acid groups (broad SMARTS) is 1. The topological polar surface area (TPSA) is 52.6 Å². The zero-order valence-corrected chi connectivity index (χ0v) is 8.99. The number of rotatable bonds is 4. The third-order valence-electron chi connectivity index (χ3n) is 2.78. The van der Waals surface area contributed by atoms with E-state index in [1.54, 1.807) is 0 Å². The molecular weight excluding hydrogens is 180 g/mol. The fraction of sp³-hybridized carbons (Fsp3) is 0.900. The molecule has 1 aliphatic heterocycles. The van der Waals surface area contributed by atoms with Gasteiger partial charge in [-0.05, 0) is 5.92 Å². The molecule has 4 nitrogen and oxygen atoms in total. The predicted octanol–water partition coefficient (Wildman–Crippen LogP) is 0.391. The van der Waals surface area contributed by atoms with Crippen LogP contribution in [0.3, 0.4) is 0 Å². The molecule has 0 aromatic carbocycles. The molecule has 0 bridgehead atoms. The van der Waals surface area contributed by atoms with E-state index in [9.17, 15) is 4.79 Å². The third-order valence-corrected chi connectivity index (χ3v) is 2.78. The lowest BCUT2D eigenvalue weighted by Crippen LogP contribution is -2.53. The Morgan fingerprint density at radius 3 is 2.93 bits per heavy atom. The molecule has 0 aromatic heterocycles. The van der Waals surface area contributed by atoms with Crippen LogP contribution in [0.15, 0.2) is 0 Å². The summed E-state index contributed by atoms with van der Waals surface area (Å²) in [6, 6.07) is 0.489. The first kappa shape index (κ1) is 11.5. The van der Waals surface area contributed by atoms with Gasteiger partial charge in [-0.25, -0.2) is 0 Å². The molecule has 1 aliphatic rings. The van der Waals surface area contributed by atoms with Gasteiger partial charge >= 0.3 is 5.97 Å². The van der Waals surface area contributed by atoms with E-state index in [2.05, 4.69) is 24.1 Å². The number of carboxylic acids is 1. The second-order valence-corrected chi connectivity index (χ2v) is 4.20. The second-order valence-electron chi connectivity index (χ2n) is 4.20. The Balaban J connectivity index is 2.41. The quantitative estimate of drug-likeness (QED) is 0.689. The number of piperazine rings is 1. The van der Waals surface area contributed by atoms with Crippen molar-refractivity contribution in [3.05, 3.63) is 0 Å². The van der Waals surface area contributed by atoms with Crippen molar-refractivity contribution in [2.75, 3.05) is 26.2 Å². The molecule has 0 unspecified atom stereocenters. The average Bonchev–Trinajstić information content (AvgIpc) is 2.15. The van der Waals surface area contributed by atoms with Crippen molar-refractivity contribution in [1.29, 1.82) is 0 Å². The van der Waals surface area contributed by atoms with Crippen LogP contribution in [-0.4, -0.2) is 48.2 Å². The molecule has 4 heteroatoms. The molecular formula is C10H20N2O2. The van der Waals surface area contributed by atoms with Gasteiger partial charge in [0.1, 0.15) is 0 Å². The normalized spacial score (nSPS) is 24.1. The highest BCUT2D eigenvalue weighted by Crippen LogP contribution is 2.12. The molecule has 0 spiro atoms. The molecule has 1 fully saturated rings. The van der Waals surface area contributed by atoms with E-state index >= 15 is 0 Å². The van der Waals surface area contributed by atoms with Crippen LogP contribution in [-0.2, 0) is 4.79 Å². The molecule has 2 N–H and O–H groups in total. The van der Waals surface area contributed by atoms with E-state index in [0.717, 1.165) is 19.6 Å². The first-order valence-corrected chi connectivity index (χ1v) is 5.28. The zero-order valence-electron chi connectivity index (χ0n) is 8.99. The summed E-state index contributed by atoms with van der Waals surface area (Å²) in [4.78, 5) is 12.8. The number of carbonyl (C=O) groups is 1. The summed E-state index contributed by atoms with van der Waals surface area (Å²) in [5.41, 5.74) is 0. The van der Waals surface area contributed by atoms with Crippen molar-refractivity contribution in [3.63, 3.8) is 0 Å². The van der Waals surface area contributed by atoms with Crippen LogP contribution in [0.2, 0.25) is 0 Å². The summed E-state index contributed by atoms with van der Waals surface area (Å²) >= 11 is 0. The van der Waals surface area contributed by atoms with Gasteiger partial charge in [0.05, 0.1) is 6.42 Å². The summed E-state index contributed by atoms with van der Waals surface area (Å²) in [5, 5.41) is 12.0. The minimum atomic E-state index is -0.703. The lowest BCUT2D eigenvalue weighted by molar-refractivity contribution is -0.137. The van der Waals surface area contributed by atoms with Crippen LogP contribution < -0.4 is 5.32 Å². The van der Waals surface area contributed by atoms with Gasteiger partial charge in [0.2, 0.25) is 0 Å². The molecule has 0 saturated carbocycles. The van der Waals surface area contributed by atoms with Gasteiger partial charge in [0.25, 0.3) is 0 Å². The Labute approximate surface area is 85.3 Å². The van der Waals surface area contributed by atoms with Crippen LogP contribution >= 0.6 is 0 Å². The van der Waals surface area contributed by atoms with Gasteiger partial charge in [-0.3, -0.25) is 9.69 Å². The van der Waals surface area contributed by atoms with E-state index in [0.29, 0.717) is 18.5 Å². The van der Waals surface area contributed by atoms with Gasteiger partial charge in [-0.15, -0.1) is 0 Å². The molecule has 0 aliphatic carbocycles. The smallest absolute Gasteiger partial charge is 0.304 e. The monoisotopic (exact) mass is 200 g/mol. The highest BCUT2D eigenvalue weighted by molar-refractivity contribution is 5.66. The van der Waals surface area contributed by atoms with Crippen LogP contribution in [0.1, 0.15) is 20.3 Å². The summed E-state index contributed by atoms with van der Waals surface area (Å²) in [6.07, 6.45) is 0.253. The van der Waals surface area contributed by atoms with Gasteiger partial charge in [0.15, 0.2) is 0 Å². The number of hydrogen-bond donors (Lipinski definition) is 2. The summed E-state index contributed by atoms with van der Waals surface area (Å²) in [6.45, 7) is 7.98. The number of nitrogens with one attached hydrogen (secondary N) is 1. The van der Waals surface area contributed by atoms with Crippen LogP contribution in [0, 0.1) is 5.92 Å². The maximum absolute atomic E-state index is 10.5. The Hall–Kier alpha value is -0.610. The van der Waals surface area contributed by atoms with Crippen molar-refractivity contribution in [2.24, 2.45) is 5.92 Å². The first-order chi connectivity index (χ1) is 6.61. The summed E-state index contributed by atoms with van der Waals surface area (Å²) in [5.74, 6) is -0.123. The number of aliphatic carboxylic acids is 1. The van der Waals surface area contributed by atoms with Crippen molar-refractivity contribution < 1.29 is 9.90 Å². The molecule has 0 amide bonds. The van der Waals surface area contributed by atoms with E-state index in [-0.39, 0.29) is 6.42 Å². The number of hydrogen-bond acceptors (Lipinski definition) is 3. The Morgan fingerprint density at radius 1 is 1.64 bits per heavy atom. The van der Waals surface area contributed by atoms with E-state index in [1.165, 1.54) is 0 Å². The molecule has 82 valence electrons. The number of nitrogens with zero attached hydrogens (tertiary/aromatic N) is 1. The van der Waals surface area contributed by atoms with Gasteiger partial charge in [-0.1, -0.05) is 13.8 Å². The Morgan fingerprint density at radius 2 is 2.36 bits per heavy atom. The molecule has 0 radical (unpaired) electrons. The van der Waals surface area contributed by atoms with Crippen molar-refractivity contribution in [1.82, 2.24) is 10.2 Å². The zero-order chi connectivity index (χ0) is 10.6. The fourth-order valence-electron chi connectivity index (χ4n) is 1.94. The molecule has 0 aromatic rings. The third kappa shape index (κ3) is 3.27. The Kier molecular flexibility index (Phi) is 4.35. The van der Waals surface area contributed by atoms with Crippen LogP contribution in [0.25, 0.3) is 0 Å². The molecule has 1 atom stereocenters. The summed E-state index contributed by atoms with van der Waals surface area (Å²) < 4.78 is 0. The van der Waals surface area contributed by atoms with Crippen LogP contribution in [0.5, 0.6) is 0 Å². The molecule has 1 rings (SSSR count). The van der Waals surface area contributed by atoms with Crippen molar-refractivity contribution in [3.8, 4) is 0 Å². The van der Waals surface area contributed by atoms with Gasteiger partial charge in [-0.2, -0.15) is 0 Å². The van der Waals surface area contributed by atoms with Gasteiger partial charge in [0, 0.05) is 32.2 Å². The van der Waals surface area contributed by atoms with E-state index in [1.807, 2.05) is 0 Å². The van der Waals surface area contributed by atoms with E-state index in [4.69, 9.17) is 5.11 Å². The summed E-state index contributed by atoms with van der Waals surface area (Å²) in [7, 11) is 0. The minimum absolute atomic E-state index is 0.253. The average molecular weight is 200 g/mol. The minimum Gasteiger partial charge on any atom is -0.481 e. The first-order valence-electron chi connectivity index (χ1n) is 5.28. The largest absolute Gasteiger partial charge is 0.481 e. The maximum atomic E-state index is 10.5. The maximum Gasteiger partial charge on any atom is 0.304 e. The SMILES string of the molecule is CC(C)[C@@H]1CNCCN1CCC(=O)O. The van der Waals surface area contributed by atoms with Crippen LogP contribution in [0.4, 0.5) is 0 Å². The lowest BCUT2D eigenvalue weighted by Gasteiger charge is -2.38. The van der Waals surface area contributed by atoms with Crippen molar-refractivity contribution in [2.45, 2.75) is 26.3 Å². The van der Waals surface area contributed by atoms with Crippen molar-refractivity contribution >= 4 is 5.97 Å². The fourth-order valence-corrected chi connectivity index (χ4v) is 1.94. The molecule has 1 heterocycles. The predicted molar refractivity (Wildman–Crippen MR) is 55.3 cm³/mol. The standard InChI is InChI=1S/C10H20N2O2/c1-8(2)9-7-11-4-6-12(9)5-3-10(13)14/h8-9,11H,3-7H2,1-2H3,(H,13,14)/t9-/m0/s1. The molecule has 14 heavy (non-hydrogen) atoms. The molecule has 1 saturated heterocycles.